The lowest BCUT2D eigenvalue weighted by Crippen LogP contribution is -2.42. The zero-order valence-electron chi connectivity index (χ0n) is 18.1. The predicted molar refractivity (Wildman–Crippen MR) is 118 cm³/mol. The van der Waals surface area contributed by atoms with Gasteiger partial charge in [-0.25, -0.2) is 4.68 Å². The molecule has 31 heavy (non-hydrogen) atoms. The number of nitrogens with zero attached hydrogens (tertiary/aromatic N) is 5. The van der Waals surface area contributed by atoms with Gasteiger partial charge in [0, 0.05) is 24.2 Å². The van der Waals surface area contributed by atoms with Crippen molar-refractivity contribution in [2.24, 2.45) is 0 Å². The molecule has 1 aromatic carbocycles. The number of nitrogens with one attached hydrogen (secondary N) is 1. The molecular weight excluding hydrogens is 392 g/mol. The smallest absolute Gasteiger partial charge is 0.253 e. The minimum atomic E-state index is -0.292. The zero-order valence-corrected chi connectivity index (χ0v) is 18.1. The molecule has 0 radical (unpaired) electrons. The summed E-state index contributed by atoms with van der Waals surface area (Å²) in [5, 5.41) is 13.9. The number of H-pyrrole nitrogens is 1. The number of rotatable bonds is 5. The van der Waals surface area contributed by atoms with E-state index in [1.807, 2.05) is 16.8 Å². The molecule has 0 spiro atoms. The van der Waals surface area contributed by atoms with Gasteiger partial charge in [-0.1, -0.05) is 32.3 Å². The molecule has 0 amide bonds. The Morgan fingerprint density at radius 3 is 2.74 bits per heavy atom. The Labute approximate surface area is 181 Å². The number of aromatic nitrogens is 5. The zero-order chi connectivity index (χ0) is 21.2. The molecule has 1 aliphatic heterocycles. The van der Waals surface area contributed by atoms with E-state index in [2.05, 4.69) is 44.5 Å². The van der Waals surface area contributed by atoms with Crippen molar-refractivity contribution < 1.29 is 4.74 Å². The number of aryl methyl sites for hydroxylation is 1. The van der Waals surface area contributed by atoms with E-state index in [4.69, 9.17) is 4.74 Å². The fourth-order valence-electron chi connectivity index (χ4n) is 5.00. The van der Waals surface area contributed by atoms with E-state index in [9.17, 15) is 4.79 Å². The van der Waals surface area contributed by atoms with Crippen LogP contribution < -0.4 is 5.56 Å². The average Bonchev–Trinajstić information content (AvgIpc) is 3.30. The van der Waals surface area contributed by atoms with Gasteiger partial charge in [0.1, 0.15) is 6.04 Å². The van der Waals surface area contributed by atoms with Gasteiger partial charge >= 0.3 is 0 Å². The largest absolute Gasteiger partial charge is 0.379 e. The molecule has 8 nitrogen and oxygen atoms in total. The summed E-state index contributed by atoms with van der Waals surface area (Å²) in [6, 6.07) is 8.27. The van der Waals surface area contributed by atoms with Crippen LogP contribution in [0.25, 0.3) is 10.9 Å². The molecule has 2 aromatic heterocycles. The van der Waals surface area contributed by atoms with Crippen LogP contribution in [-0.2, 0) is 11.2 Å². The SMILES string of the molecule is CCc1ccc2[nH]c(=O)c([C@@H](c3nnnn3C3CCCCC3)N3CCOCC3)cc2c1. The maximum absolute atomic E-state index is 13.3. The molecule has 0 unspecified atom stereocenters. The Hall–Kier alpha value is -2.58. The maximum atomic E-state index is 13.3. The van der Waals surface area contributed by atoms with E-state index in [0.29, 0.717) is 24.8 Å². The van der Waals surface area contributed by atoms with Gasteiger partial charge in [0.05, 0.1) is 19.3 Å². The highest BCUT2D eigenvalue weighted by atomic mass is 16.5. The van der Waals surface area contributed by atoms with Crippen molar-refractivity contribution in [2.45, 2.75) is 57.5 Å². The number of fused-ring (bicyclic) bond motifs is 1. The van der Waals surface area contributed by atoms with Gasteiger partial charge in [-0.15, -0.1) is 5.10 Å². The molecule has 2 aliphatic rings. The first-order valence-electron chi connectivity index (χ1n) is 11.5. The number of hydrogen-bond acceptors (Lipinski definition) is 6. The van der Waals surface area contributed by atoms with E-state index in [1.54, 1.807) is 0 Å². The normalized spacial score (nSPS) is 19.6. The molecule has 164 valence electrons. The number of pyridine rings is 1. The van der Waals surface area contributed by atoms with Crippen LogP contribution in [-0.4, -0.2) is 56.4 Å². The second kappa shape index (κ2) is 8.88. The summed E-state index contributed by atoms with van der Waals surface area (Å²) in [5.41, 5.74) is 2.74. The Kier molecular flexibility index (Phi) is 5.82. The van der Waals surface area contributed by atoms with Gasteiger partial charge in [-0.3, -0.25) is 9.69 Å². The Bertz CT molecular complexity index is 1090. The molecule has 3 heterocycles. The standard InChI is InChI=1S/C23H30N6O2/c1-2-16-8-9-20-17(14-16)15-19(23(30)24-20)21(28-10-12-31-13-11-28)22-25-26-27-29(22)18-6-4-3-5-7-18/h8-9,14-15,18,21H,2-7,10-13H2,1H3,(H,24,30)/t21-/m0/s1. The van der Waals surface area contributed by atoms with Crippen LogP contribution in [0.15, 0.2) is 29.1 Å². The molecule has 3 aromatic rings. The molecule has 1 atom stereocenters. The monoisotopic (exact) mass is 422 g/mol. The lowest BCUT2D eigenvalue weighted by Gasteiger charge is -2.34. The Morgan fingerprint density at radius 2 is 1.97 bits per heavy atom. The summed E-state index contributed by atoms with van der Waals surface area (Å²) in [7, 11) is 0. The fraction of sp³-hybridized carbons (Fsp3) is 0.565. The van der Waals surface area contributed by atoms with Crippen molar-refractivity contribution in [1.29, 1.82) is 0 Å². The molecule has 5 rings (SSSR count). The second-order valence-corrected chi connectivity index (χ2v) is 8.65. The molecular formula is C23H30N6O2. The number of hydrogen-bond donors (Lipinski definition) is 1. The minimum Gasteiger partial charge on any atom is -0.379 e. The van der Waals surface area contributed by atoms with Crippen LogP contribution in [0.3, 0.4) is 0 Å². The molecule has 0 bridgehead atoms. The van der Waals surface area contributed by atoms with Gasteiger partial charge < -0.3 is 9.72 Å². The molecule has 1 saturated heterocycles. The van der Waals surface area contributed by atoms with Crippen LogP contribution in [0.5, 0.6) is 0 Å². The third-order valence-electron chi connectivity index (χ3n) is 6.73. The number of aromatic amines is 1. The summed E-state index contributed by atoms with van der Waals surface area (Å²) in [6.45, 7) is 4.92. The van der Waals surface area contributed by atoms with Gasteiger partial charge in [-0.2, -0.15) is 0 Å². The van der Waals surface area contributed by atoms with Crippen LogP contribution in [0.2, 0.25) is 0 Å². The van der Waals surface area contributed by atoms with Gasteiger partial charge in [-0.05, 0) is 58.8 Å². The van der Waals surface area contributed by atoms with E-state index in [1.165, 1.54) is 24.8 Å². The molecule has 1 saturated carbocycles. The van der Waals surface area contributed by atoms with Crippen molar-refractivity contribution in [3.8, 4) is 0 Å². The summed E-state index contributed by atoms with van der Waals surface area (Å²) >= 11 is 0. The van der Waals surface area contributed by atoms with Crippen LogP contribution in [0, 0.1) is 0 Å². The molecule has 1 N–H and O–H groups in total. The summed E-state index contributed by atoms with van der Waals surface area (Å²) in [6.07, 6.45) is 6.79. The summed E-state index contributed by atoms with van der Waals surface area (Å²) < 4.78 is 7.59. The quantitative estimate of drug-likeness (QED) is 0.680. The second-order valence-electron chi connectivity index (χ2n) is 8.65. The first-order chi connectivity index (χ1) is 15.2. The average molecular weight is 423 g/mol. The highest BCUT2D eigenvalue weighted by molar-refractivity contribution is 5.80. The lowest BCUT2D eigenvalue weighted by atomic mass is 9.95. The van der Waals surface area contributed by atoms with Crippen molar-refractivity contribution in [2.75, 3.05) is 26.3 Å². The predicted octanol–water partition coefficient (Wildman–Crippen LogP) is 3.00. The highest BCUT2D eigenvalue weighted by Crippen LogP contribution is 2.33. The lowest BCUT2D eigenvalue weighted by molar-refractivity contribution is 0.0209. The Morgan fingerprint density at radius 1 is 1.16 bits per heavy atom. The number of benzene rings is 1. The highest BCUT2D eigenvalue weighted by Gasteiger charge is 2.33. The third kappa shape index (κ3) is 4.02. The van der Waals surface area contributed by atoms with Gasteiger partial charge in [0.25, 0.3) is 5.56 Å². The van der Waals surface area contributed by atoms with Gasteiger partial charge in [0.15, 0.2) is 5.82 Å². The molecule has 2 fully saturated rings. The van der Waals surface area contributed by atoms with Crippen LogP contribution in [0.4, 0.5) is 0 Å². The summed E-state index contributed by atoms with van der Waals surface area (Å²) in [4.78, 5) is 18.6. The first-order valence-corrected chi connectivity index (χ1v) is 11.5. The minimum absolute atomic E-state index is 0.0774. The van der Waals surface area contributed by atoms with E-state index in [-0.39, 0.29) is 11.6 Å². The number of ether oxygens (including phenoxy) is 1. The van der Waals surface area contributed by atoms with Crippen molar-refractivity contribution in [3.63, 3.8) is 0 Å². The van der Waals surface area contributed by atoms with Crippen molar-refractivity contribution >= 4 is 10.9 Å². The number of morpholine rings is 1. The molecule has 1 aliphatic carbocycles. The van der Waals surface area contributed by atoms with Crippen LogP contribution in [0.1, 0.15) is 68.1 Å². The van der Waals surface area contributed by atoms with Crippen LogP contribution >= 0.6 is 0 Å². The first kappa shape index (κ1) is 20.3. The summed E-state index contributed by atoms with van der Waals surface area (Å²) in [5.74, 6) is 0.769. The fourth-order valence-corrected chi connectivity index (χ4v) is 5.00. The third-order valence-corrected chi connectivity index (χ3v) is 6.73. The van der Waals surface area contributed by atoms with Crippen molar-refractivity contribution in [1.82, 2.24) is 30.1 Å². The van der Waals surface area contributed by atoms with E-state index >= 15 is 0 Å². The Balaban J connectivity index is 1.63. The van der Waals surface area contributed by atoms with E-state index in [0.717, 1.165) is 49.1 Å². The number of tetrazole rings is 1. The molecule has 8 heteroatoms. The van der Waals surface area contributed by atoms with Crippen molar-refractivity contribution in [3.05, 3.63) is 51.6 Å². The maximum Gasteiger partial charge on any atom is 0.253 e. The topological polar surface area (TPSA) is 88.9 Å². The van der Waals surface area contributed by atoms with E-state index < -0.39 is 0 Å². The van der Waals surface area contributed by atoms with Gasteiger partial charge in [0.2, 0.25) is 0 Å².